The Labute approximate surface area is 226 Å². The molecule has 8 nitrogen and oxygen atoms in total. The molecule has 0 heterocycles. The van der Waals surface area contributed by atoms with E-state index in [2.05, 4.69) is 10.6 Å². The molecule has 3 unspecified atom stereocenters. The second-order valence-corrected chi connectivity index (χ2v) is 10.7. The third kappa shape index (κ3) is 8.50. The number of alkyl carbamates (subject to hydrolysis) is 1. The smallest absolute Gasteiger partial charge is 0.408 e. The fourth-order valence-corrected chi connectivity index (χ4v) is 4.14. The number of carbonyl (C=O) groups is 3. The molecule has 0 saturated heterocycles. The number of aromatic hydroxyl groups is 1. The van der Waals surface area contributed by atoms with E-state index in [1.54, 1.807) is 45.9 Å². The van der Waals surface area contributed by atoms with Gasteiger partial charge in [-0.25, -0.2) is 4.79 Å². The molecule has 0 bridgehead atoms. The number of aryl methyl sites for hydroxylation is 1. The van der Waals surface area contributed by atoms with Crippen molar-refractivity contribution in [1.82, 2.24) is 15.5 Å². The van der Waals surface area contributed by atoms with Crippen LogP contribution in [0.1, 0.15) is 77.1 Å². The first-order valence-corrected chi connectivity index (χ1v) is 13.3. The van der Waals surface area contributed by atoms with Gasteiger partial charge in [0.2, 0.25) is 11.8 Å². The molecule has 0 radical (unpaired) electrons. The van der Waals surface area contributed by atoms with Gasteiger partial charge in [-0.1, -0.05) is 75.7 Å². The van der Waals surface area contributed by atoms with Crippen LogP contribution in [-0.4, -0.2) is 46.1 Å². The lowest BCUT2D eigenvalue weighted by Gasteiger charge is -2.36. The van der Waals surface area contributed by atoms with E-state index in [1.807, 2.05) is 51.1 Å². The second kappa shape index (κ2) is 13.8. The van der Waals surface area contributed by atoms with Crippen LogP contribution >= 0.6 is 0 Å². The first-order chi connectivity index (χ1) is 17.9. The molecule has 0 saturated carbocycles. The first-order valence-electron chi connectivity index (χ1n) is 13.3. The van der Waals surface area contributed by atoms with Crippen molar-refractivity contribution in [3.05, 3.63) is 65.2 Å². The zero-order chi connectivity index (χ0) is 28.5. The summed E-state index contributed by atoms with van der Waals surface area (Å²) >= 11 is 0. The van der Waals surface area contributed by atoms with Crippen LogP contribution in [0, 0.1) is 12.8 Å². The minimum absolute atomic E-state index is 0.0403. The molecule has 0 spiro atoms. The standard InChI is InChI=1S/C30H43N3O5/c1-8-18-33(28(36)24(20(3)9-2)32-29(37)38-30(5,6)7)25(23-17-13-14-21(4)26(23)34)27(35)31-19-22-15-11-10-12-16-22/h10-17,20,24-25,34H,8-9,18-19H2,1-7H3,(H,31,35)(H,32,37). The van der Waals surface area contributed by atoms with Crippen molar-refractivity contribution in [2.24, 2.45) is 5.92 Å². The number of carbonyl (C=O) groups excluding carboxylic acids is 3. The summed E-state index contributed by atoms with van der Waals surface area (Å²) in [5, 5.41) is 16.6. The maximum Gasteiger partial charge on any atom is 0.408 e. The number of phenolic OH excluding ortho intramolecular Hbond substituents is 1. The number of benzene rings is 2. The lowest BCUT2D eigenvalue weighted by Crippen LogP contribution is -2.55. The van der Waals surface area contributed by atoms with Crippen molar-refractivity contribution >= 4 is 17.9 Å². The van der Waals surface area contributed by atoms with E-state index in [-0.39, 0.29) is 24.8 Å². The van der Waals surface area contributed by atoms with Gasteiger partial charge in [-0.15, -0.1) is 0 Å². The lowest BCUT2D eigenvalue weighted by molar-refractivity contribution is -0.143. The van der Waals surface area contributed by atoms with E-state index >= 15 is 0 Å². The molecule has 2 aromatic rings. The Hall–Kier alpha value is -3.55. The molecule has 3 atom stereocenters. The Morgan fingerprint density at radius 2 is 1.68 bits per heavy atom. The van der Waals surface area contributed by atoms with E-state index in [9.17, 15) is 19.5 Å². The zero-order valence-corrected chi connectivity index (χ0v) is 23.7. The summed E-state index contributed by atoms with van der Waals surface area (Å²) < 4.78 is 5.43. The summed E-state index contributed by atoms with van der Waals surface area (Å²) in [6.07, 6.45) is 0.490. The van der Waals surface area contributed by atoms with E-state index in [0.29, 0.717) is 24.0 Å². The number of nitrogens with zero attached hydrogens (tertiary/aromatic N) is 1. The van der Waals surface area contributed by atoms with Crippen LogP contribution in [-0.2, 0) is 20.9 Å². The van der Waals surface area contributed by atoms with Crippen molar-refractivity contribution in [3.63, 3.8) is 0 Å². The Bertz CT molecular complexity index is 1080. The van der Waals surface area contributed by atoms with Crippen LogP contribution in [0.3, 0.4) is 0 Å². The molecule has 0 aromatic heterocycles. The molecule has 2 aromatic carbocycles. The molecular weight excluding hydrogens is 482 g/mol. The monoisotopic (exact) mass is 525 g/mol. The van der Waals surface area contributed by atoms with Crippen LogP contribution in [0.25, 0.3) is 0 Å². The van der Waals surface area contributed by atoms with Gasteiger partial charge >= 0.3 is 6.09 Å². The molecule has 2 rings (SSSR count). The van der Waals surface area contributed by atoms with Crippen LogP contribution in [0.4, 0.5) is 4.79 Å². The van der Waals surface area contributed by atoms with Gasteiger partial charge in [-0.05, 0) is 51.2 Å². The molecule has 0 fully saturated rings. The molecule has 208 valence electrons. The number of rotatable bonds is 11. The Morgan fingerprint density at radius 3 is 2.26 bits per heavy atom. The predicted molar refractivity (Wildman–Crippen MR) is 148 cm³/mol. The van der Waals surface area contributed by atoms with Gasteiger partial charge in [0.25, 0.3) is 0 Å². The van der Waals surface area contributed by atoms with Crippen LogP contribution < -0.4 is 10.6 Å². The normalized spacial score (nSPS) is 13.7. The Morgan fingerprint density at radius 1 is 1.03 bits per heavy atom. The fourth-order valence-electron chi connectivity index (χ4n) is 4.14. The van der Waals surface area contributed by atoms with E-state index in [0.717, 1.165) is 5.56 Å². The molecule has 3 amide bonds. The third-order valence-corrected chi connectivity index (χ3v) is 6.33. The Balaban J connectivity index is 2.50. The molecule has 38 heavy (non-hydrogen) atoms. The highest BCUT2D eigenvalue weighted by Crippen LogP contribution is 2.33. The highest BCUT2D eigenvalue weighted by molar-refractivity contribution is 5.92. The molecule has 8 heteroatoms. The summed E-state index contributed by atoms with van der Waals surface area (Å²) in [4.78, 5) is 42.0. The maximum atomic E-state index is 14.1. The van der Waals surface area contributed by atoms with Crippen LogP contribution in [0.2, 0.25) is 0 Å². The molecular formula is C30H43N3O5. The fraction of sp³-hybridized carbons (Fsp3) is 0.500. The number of hydrogen-bond acceptors (Lipinski definition) is 5. The number of hydrogen-bond donors (Lipinski definition) is 3. The minimum atomic E-state index is -1.10. The van der Waals surface area contributed by atoms with Gasteiger partial charge in [-0.2, -0.15) is 0 Å². The van der Waals surface area contributed by atoms with Crippen LogP contribution in [0.15, 0.2) is 48.5 Å². The Kier molecular flexibility index (Phi) is 11.2. The second-order valence-electron chi connectivity index (χ2n) is 10.7. The summed E-state index contributed by atoms with van der Waals surface area (Å²) in [5.41, 5.74) is 1.10. The number of nitrogens with one attached hydrogen (secondary N) is 2. The summed E-state index contributed by atoms with van der Waals surface area (Å²) in [6, 6.07) is 12.6. The number of para-hydroxylation sites is 1. The predicted octanol–water partition coefficient (Wildman–Crippen LogP) is 5.24. The SMILES string of the molecule is CCCN(C(=O)C(NC(=O)OC(C)(C)C)C(C)CC)C(C(=O)NCc1ccccc1)c1cccc(C)c1O. The molecule has 3 N–H and O–H groups in total. The number of ether oxygens (including phenoxy) is 1. The van der Waals surface area contributed by atoms with Gasteiger partial charge in [0, 0.05) is 18.7 Å². The quantitative estimate of drug-likeness (QED) is 0.372. The van der Waals surface area contributed by atoms with Gasteiger partial charge in [0.1, 0.15) is 23.4 Å². The highest BCUT2D eigenvalue weighted by Gasteiger charge is 2.38. The van der Waals surface area contributed by atoms with Crippen molar-refractivity contribution in [3.8, 4) is 5.75 Å². The van der Waals surface area contributed by atoms with Gasteiger partial charge in [-0.3, -0.25) is 9.59 Å². The largest absolute Gasteiger partial charge is 0.507 e. The summed E-state index contributed by atoms with van der Waals surface area (Å²) in [6.45, 7) is 13.2. The average molecular weight is 526 g/mol. The van der Waals surface area contributed by atoms with Gasteiger partial charge in [0.15, 0.2) is 0 Å². The maximum absolute atomic E-state index is 14.1. The molecule has 0 aliphatic heterocycles. The zero-order valence-electron chi connectivity index (χ0n) is 23.7. The van der Waals surface area contributed by atoms with E-state index in [1.165, 1.54) is 4.90 Å². The van der Waals surface area contributed by atoms with E-state index < -0.39 is 35.6 Å². The lowest BCUT2D eigenvalue weighted by atomic mass is 9.94. The van der Waals surface area contributed by atoms with Gasteiger partial charge in [0.05, 0.1) is 0 Å². The van der Waals surface area contributed by atoms with Gasteiger partial charge < -0.3 is 25.4 Å². The minimum Gasteiger partial charge on any atom is -0.507 e. The highest BCUT2D eigenvalue weighted by atomic mass is 16.6. The first kappa shape index (κ1) is 30.7. The summed E-state index contributed by atoms with van der Waals surface area (Å²) in [5.74, 6) is -1.10. The van der Waals surface area contributed by atoms with Crippen molar-refractivity contribution in [1.29, 1.82) is 0 Å². The third-order valence-electron chi connectivity index (χ3n) is 6.33. The average Bonchev–Trinajstić information content (AvgIpc) is 2.86. The number of phenols is 1. The molecule has 0 aliphatic carbocycles. The van der Waals surface area contributed by atoms with Crippen LogP contribution in [0.5, 0.6) is 5.75 Å². The topological polar surface area (TPSA) is 108 Å². The summed E-state index contributed by atoms with van der Waals surface area (Å²) in [7, 11) is 0. The van der Waals surface area contributed by atoms with E-state index in [4.69, 9.17) is 4.74 Å². The molecule has 0 aliphatic rings. The van der Waals surface area contributed by atoms with Crippen molar-refractivity contribution in [2.45, 2.75) is 85.5 Å². The van der Waals surface area contributed by atoms with Crippen molar-refractivity contribution in [2.75, 3.05) is 6.54 Å². The number of amides is 3. The van der Waals surface area contributed by atoms with Crippen molar-refractivity contribution < 1.29 is 24.2 Å².